The van der Waals surface area contributed by atoms with E-state index in [1.165, 1.54) is 12.1 Å². The van der Waals surface area contributed by atoms with E-state index in [2.05, 4.69) is 15.5 Å². The van der Waals surface area contributed by atoms with Crippen LogP contribution in [0.3, 0.4) is 0 Å². The van der Waals surface area contributed by atoms with E-state index in [1.54, 1.807) is 26.0 Å². The average molecular weight is 339 g/mol. The van der Waals surface area contributed by atoms with Crippen molar-refractivity contribution in [2.75, 3.05) is 0 Å². The van der Waals surface area contributed by atoms with E-state index in [0.717, 1.165) is 5.56 Å². The van der Waals surface area contributed by atoms with Crippen LogP contribution in [0.5, 0.6) is 0 Å². The fraction of sp³-hybridized carbons (Fsp3) is 0.211. The molecular formula is C19H18FN3O2. The Morgan fingerprint density at radius 2 is 1.72 bits per heavy atom. The van der Waals surface area contributed by atoms with Gasteiger partial charge in [-0.1, -0.05) is 44.2 Å². The fourth-order valence-corrected chi connectivity index (χ4v) is 2.30. The quantitative estimate of drug-likeness (QED) is 0.769. The van der Waals surface area contributed by atoms with E-state index in [-0.39, 0.29) is 23.5 Å². The molecule has 0 saturated carbocycles. The third kappa shape index (κ3) is 3.91. The standard InChI is InChI=1S/C19H18FN3O2/c1-12(2)17(24)21-16(13-8-10-15(20)11-9-13)19-23-22-18(25-19)14-6-4-3-5-7-14/h3-12,16H,1-2H3,(H,21,24)/t16-/m1/s1. The van der Waals surface area contributed by atoms with Crippen LogP contribution in [0.2, 0.25) is 0 Å². The minimum absolute atomic E-state index is 0.159. The molecule has 0 aliphatic carbocycles. The van der Waals surface area contributed by atoms with Gasteiger partial charge in [0.15, 0.2) is 0 Å². The van der Waals surface area contributed by atoms with Crippen molar-refractivity contribution in [2.45, 2.75) is 19.9 Å². The van der Waals surface area contributed by atoms with Crippen LogP contribution in [-0.2, 0) is 4.79 Å². The maximum absolute atomic E-state index is 13.2. The predicted molar refractivity (Wildman–Crippen MR) is 91.0 cm³/mol. The van der Waals surface area contributed by atoms with Crippen molar-refractivity contribution < 1.29 is 13.6 Å². The Bertz CT molecular complexity index is 845. The monoisotopic (exact) mass is 339 g/mol. The highest BCUT2D eigenvalue weighted by molar-refractivity contribution is 5.78. The molecule has 0 aliphatic heterocycles. The first-order chi connectivity index (χ1) is 12.0. The number of nitrogens with zero attached hydrogens (tertiary/aromatic N) is 2. The molecule has 0 radical (unpaired) electrons. The molecule has 3 rings (SSSR count). The number of carbonyl (C=O) groups is 1. The second-order valence-corrected chi connectivity index (χ2v) is 5.96. The van der Waals surface area contributed by atoms with Crippen molar-refractivity contribution in [3.05, 3.63) is 71.9 Å². The zero-order valence-corrected chi connectivity index (χ0v) is 13.9. The third-order valence-corrected chi connectivity index (χ3v) is 3.72. The van der Waals surface area contributed by atoms with Crippen LogP contribution in [0, 0.1) is 11.7 Å². The second kappa shape index (κ2) is 7.25. The van der Waals surface area contributed by atoms with E-state index in [9.17, 15) is 9.18 Å². The lowest BCUT2D eigenvalue weighted by atomic mass is 10.1. The topological polar surface area (TPSA) is 68.0 Å². The van der Waals surface area contributed by atoms with Crippen LogP contribution in [-0.4, -0.2) is 16.1 Å². The first kappa shape index (κ1) is 16.8. The predicted octanol–water partition coefficient (Wildman–Crippen LogP) is 3.74. The SMILES string of the molecule is CC(C)C(=O)N[C@H](c1ccc(F)cc1)c1nnc(-c2ccccc2)o1. The number of benzene rings is 2. The van der Waals surface area contributed by atoms with E-state index in [4.69, 9.17) is 4.42 Å². The van der Waals surface area contributed by atoms with Crippen molar-refractivity contribution in [3.8, 4) is 11.5 Å². The summed E-state index contributed by atoms with van der Waals surface area (Å²) in [6.45, 7) is 3.58. The van der Waals surface area contributed by atoms with Gasteiger partial charge in [-0.2, -0.15) is 0 Å². The molecule has 1 N–H and O–H groups in total. The van der Waals surface area contributed by atoms with Gasteiger partial charge in [0.1, 0.15) is 11.9 Å². The number of carbonyl (C=O) groups excluding carboxylic acids is 1. The van der Waals surface area contributed by atoms with Gasteiger partial charge in [0, 0.05) is 11.5 Å². The molecule has 128 valence electrons. The fourth-order valence-electron chi connectivity index (χ4n) is 2.30. The van der Waals surface area contributed by atoms with Gasteiger partial charge >= 0.3 is 0 Å². The molecule has 6 heteroatoms. The average Bonchev–Trinajstić information content (AvgIpc) is 3.11. The largest absolute Gasteiger partial charge is 0.418 e. The molecule has 1 heterocycles. The highest BCUT2D eigenvalue weighted by Crippen LogP contribution is 2.25. The lowest BCUT2D eigenvalue weighted by Crippen LogP contribution is -2.32. The van der Waals surface area contributed by atoms with Gasteiger partial charge in [-0.15, -0.1) is 10.2 Å². The first-order valence-electron chi connectivity index (χ1n) is 7.99. The van der Waals surface area contributed by atoms with Crippen molar-refractivity contribution in [2.24, 2.45) is 5.92 Å². The van der Waals surface area contributed by atoms with Crippen molar-refractivity contribution in [1.82, 2.24) is 15.5 Å². The van der Waals surface area contributed by atoms with Crippen molar-refractivity contribution in [1.29, 1.82) is 0 Å². The molecule has 1 amide bonds. The van der Waals surface area contributed by atoms with Crippen LogP contribution in [0.4, 0.5) is 4.39 Å². The summed E-state index contributed by atoms with van der Waals surface area (Å²) in [4.78, 5) is 12.2. The summed E-state index contributed by atoms with van der Waals surface area (Å²) >= 11 is 0. The molecule has 2 aromatic carbocycles. The van der Waals surface area contributed by atoms with Gasteiger partial charge in [0.25, 0.3) is 0 Å². The van der Waals surface area contributed by atoms with Crippen LogP contribution < -0.4 is 5.32 Å². The Balaban J connectivity index is 1.95. The van der Waals surface area contributed by atoms with Gasteiger partial charge in [0.05, 0.1) is 0 Å². The molecule has 0 spiro atoms. The van der Waals surface area contributed by atoms with Gasteiger partial charge in [0.2, 0.25) is 17.7 Å². The van der Waals surface area contributed by atoms with Crippen LogP contribution in [0.1, 0.15) is 31.3 Å². The zero-order chi connectivity index (χ0) is 17.8. The number of rotatable bonds is 5. The molecule has 0 aliphatic rings. The van der Waals surface area contributed by atoms with Crippen LogP contribution >= 0.6 is 0 Å². The number of hydrogen-bond donors (Lipinski definition) is 1. The Morgan fingerprint density at radius 3 is 2.36 bits per heavy atom. The van der Waals surface area contributed by atoms with Crippen LogP contribution in [0.15, 0.2) is 59.0 Å². The van der Waals surface area contributed by atoms with E-state index < -0.39 is 6.04 Å². The lowest BCUT2D eigenvalue weighted by molar-refractivity contribution is -0.124. The van der Waals surface area contributed by atoms with E-state index in [1.807, 2.05) is 30.3 Å². The third-order valence-electron chi connectivity index (χ3n) is 3.72. The molecular weight excluding hydrogens is 321 g/mol. The van der Waals surface area contributed by atoms with Gasteiger partial charge in [-0.3, -0.25) is 4.79 Å². The molecule has 0 saturated heterocycles. The Morgan fingerprint density at radius 1 is 1.04 bits per heavy atom. The summed E-state index contributed by atoms with van der Waals surface area (Å²) in [6, 6.07) is 14.6. The normalized spacial score (nSPS) is 12.2. The summed E-state index contributed by atoms with van der Waals surface area (Å²) in [5.41, 5.74) is 1.45. The van der Waals surface area contributed by atoms with Crippen LogP contribution in [0.25, 0.3) is 11.5 Å². The molecule has 25 heavy (non-hydrogen) atoms. The van der Waals surface area contributed by atoms with E-state index in [0.29, 0.717) is 11.5 Å². The second-order valence-electron chi connectivity index (χ2n) is 5.96. The van der Waals surface area contributed by atoms with E-state index >= 15 is 0 Å². The molecule has 0 unspecified atom stereocenters. The number of hydrogen-bond acceptors (Lipinski definition) is 4. The number of amides is 1. The molecule has 1 atom stereocenters. The lowest BCUT2D eigenvalue weighted by Gasteiger charge is -2.17. The maximum Gasteiger partial charge on any atom is 0.247 e. The molecule has 0 bridgehead atoms. The summed E-state index contributed by atoms with van der Waals surface area (Å²) in [6.07, 6.45) is 0. The molecule has 1 aromatic heterocycles. The maximum atomic E-state index is 13.2. The number of nitrogens with one attached hydrogen (secondary N) is 1. The summed E-state index contributed by atoms with van der Waals surface area (Å²) in [5.74, 6) is -0.109. The van der Waals surface area contributed by atoms with Crippen molar-refractivity contribution in [3.63, 3.8) is 0 Å². The summed E-state index contributed by atoms with van der Waals surface area (Å²) in [7, 11) is 0. The molecule has 0 fully saturated rings. The number of aromatic nitrogens is 2. The Kier molecular flexibility index (Phi) is 4.88. The minimum Gasteiger partial charge on any atom is -0.418 e. The Hall–Kier alpha value is -3.02. The van der Waals surface area contributed by atoms with Gasteiger partial charge in [-0.25, -0.2) is 4.39 Å². The summed E-state index contributed by atoms with van der Waals surface area (Å²) < 4.78 is 19.0. The van der Waals surface area contributed by atoms with Gasteiger partial charge in [-0.05, 0) is 29.8 Å². The summed E-state index contributed by atoms with van der Waals surface area (Å²) in [5, 5.41) is 11.0. The van der Waals surface area contributed by atoms with Crippen molar-refractivity contribution >= 4 is 5.91 Å². The highest BCUT2D eigenvalue weighted by atomic mass is 19.1. The smallest absolute Gasteiger partial charge is 0.247 e. The zero-order valence-electron chi connectivity index (χ0n) is 13.9. The highest BCUT2D eigenvalue weighted by Gasteiger charge is 2.24. The minimum atomic E-state index is -0.638. The first-order valence-corrected chi connectivity index (χ1v) is 7.99. The van der Waals surface area contributed by atoms with Gasteiger partial charge < -0.3 is 9.73 Å². The molecule has 5 nitrogen and oxygen atoms in total. The molecule has 3 aromatic rings. The Labute approximate surface area is 144 Å². The number of halogens is 1.